The van der Waals surface area contributed by atoms with Gasteiger partial charge in [0.05, 0.1) is 24.8 Å². The third kappa shape index (κ3) is 7.28. The van der Waals surface area contributed by atoms with Gasteiger partial charge in [0.1, 0.15) is 0 Å². The first kappa shape index (κ1) is 26.6. The van der Waals surface area contributed by atoms with Gasteiger partial charge in [0.2, 0.25) is 5.75 Å². The number of likely N-dealkylation sites (tertiary alicyclic amines) is 1. The second-order valence-corrected chi connectivity index (χ2v) is 9.89. The summed E-state index contributed by atoms with van der Waals surface area (Å²) in [5, 5.41) is 10.1. The Morgan fingerprint density at radius 1 is 1.11 bits per heavy atom. The molecule has 37 heavy (non-hydrogen) atoms. The zero-order valence-corrected chi connectivity index (χ0v) is 21.4. The molecule has 6 nitrogen and oxygen atoms in total. The molecule has 0 radical (unpaired) electrons. The predicted molar refractivity (Wildman–Crippen MR) is 142 cm³/mol. The van der Waals surface area contributed by atoms with Gasteiger partial charge in [0.25, 0.3) is 5.56 Å². The molecule has 7 heteroatoms. The second kappa shape index (κ2) is 12.7. The zero-order chi connectivity index (χ0) is 26.2. The van der Waals surface area contributed by atoms with Gasteiger partial charge in [-0.05, 0) is 60.1 Å². The van der Waals surface area contributed by atoms with Crippen LogP contribution in [0.15, 0.2) is 59.7 Å². The van der Waals surface area contributed by atoms with Crippen molar-refractivity contribution in [2.24, 2.45) is 5.92 Å². The van der Waals surface area contributed by atoms with Gasteiger partial charge in [-0.25, -0.2) is 4.98 Å². The molecule has 1 aliphatic heterocycles. The number of alkyl halides is 1. The number of rotatable bonds is 10. The van der Waals surface area contributed by atoms with Gasteiger partial charge in [-0.3, -0.25) is 14.1 Å². The lowest BCUT2D eigenvalue weighted by Crippen LogP contribution is -2.50. The molecule has 0 spiro atoms. The van der Waals surface area contributed by atoms with E-state index in [0.717, 1.165) is 42.7 Å². The third-order valence-electron chi connectivity index (χ3n) is 6.97. The number of nitrogens with one attached hydrogen (secondary N) is 1. The number of H-pyrrole nitrogens is 1. The summed E-state index contributed by atoms with van der Waals surface area (Å²) >= 11 is 0. The molecule has 4 rings (SSSR count). The summed E-state index contributed by atoms with van der Waals surface area (Å²) in [5.41, 5.74) is 3.95. The molecular formula is C30H34FN3O3. The van der Waals surface area contributed by atoms with E-state index < -0.39 is 5.56 Å². The molecule has 0 bridgehead atoms. The van der Waals surface area contributed by atoms with Crippen LogP contribution in [0.1, 0.15) is 53.6 Å². The number of aromatic nitrogens is 2. The number of hydrogen-bond donors (Lipinski definition) is 2. The minimum absolute atomic E-state index is 0.00525. The fraction of sp³-hybridized carbons (Fsp3) is 0.400. The Hall–Kier alpha value is -3.47. The summed E-state index contributed by atoms with van der Waals surface area (Å²) in [6.07, 6.45) is 3.48. The lowest BCUT2D eigenvalue weighted by Gasteiger charge is -2.38. The average Bonchev–Trinajstić information content (AvgIpc) is 2.90. The maximum Gasteiger partial charge on any atom is 0.293 e. The zero-order valence-electron chi connectivity index (χ0n) is 21.4. The average molecular weight is 504 g/mol. The van der Waals surface area contributed by atoms with Crippen molar-refractivity contribution in [1.82, 2.24) is 14.9 Å². The summed E-state index contributed by atoms with van der Waals surface area (Å²) < 4.78 is 18.4. The van der Waals surface area contributed by atoms with Crippen molar-refractivity contribution in [2.75, 3.05) is 26.9 Å². The van der Waals surface area contributed by atoms with Crippen LogP contribution in [0.5, 0.6) is 5.75 Å². The first-order valence-corrected chi connectivity index (χ1v) is 12.7. The molecule has 0 aliphatic carbocycles. The molecule has 1 unspecified atom stereocenters. The molecule has 2 aromatic carbocycles. The van der Waals surface area contributed by atoms with Gasteiger partial charge in [0, 0.05) is 44.3 Å². The molecule has 2 atom stereocenters. The van der Waals surface area contributed by atoms with Crippen LogP contribution in [0.4, 0.5) is 4.39 Å². The molecule has 2 heterocycles. The summed E-state index contributed by atoms with van der Waals surface area (Å²) in [6.45, 7) is 4.39. The van der Waals surface area contributed by atoms with E-state index in [1.807, 2.05) is 43.3 Å². The number of benzene rings is 2. The van der Waals surface area contributed by atoms with E-state index in [4.69, 9.17) is 4.74 Å². The summed E-state index contributed by atoms with van der Waals surface area (Å²) in [6, 6.07) is 16.3. The van der Waals surface area contributed by atoms with Crippen molar-refractivity contribution >= 4 is 0 Å². The van der Waals surface area contributed by atoms with Crippen LogP contribution in [-0.2, 0) is 17.7 Å². The first-order valence-electron chi connectivity index (χ1n) is 12.7. The SMILES string of the molecule is COC1CN(Cc2ccc(C#Cc3ccc(C(CC[C@@H](C)CF)Cc4nc[nH]c(=O)c4O)cc3)cc2)C1. The summed E-state index contributed by atoms with van der Waals surface area (Å²) in [4.78, 5) is 20.7. The molecule has 3 aromatic rings. The summed E-state index contributed by atoms with van der Waals surface area (Å²) in [5.74, 6) is 6.04. The van der Waals surface area contributed by atoms with Gasteiger partial charge in [-0.2, -0.15) is 0 Å². The highest BCUT2D eigenvalue weighted by Gasteiger charge is 2.25. The number of hydrogen-bond acceptors (Lipinski definition) is 5. The van der Waals surface area contributed by atoms with Crippen molar-refractivity contribution in [3.63, 3.8) is 0 Å². The van der Waals surface area contributed by atoms with Crippen LogP contribution in [0, 0.1) is 17.8 Å². The molecule has 1 aromatic heterocycles. The van der Waals surface area contributed by atoms with Crippen LogP contribution in [0.3, 0.4) is 0 Å². The Kier molecular flexibility index (Phi) is 9.10. The first-order chi connectivity index (χ1) is 17.9. The van der Waals surface area contributed by atoms with Crippen LogP contribution < -0.4 is 5.56 Å². The van der Waals surface area contributed by atoms with Gasteiger partial charge in [0.15, 0.2) is 0 Å². The van der Waals surface area contributed by atoms with Gasteiger partial charge >= 0.3 is 0 Å². The van der Waals surface area contributed by atoms with Gasteiger partial charge < -0.3 is 14.8 Å². The van der Waals surface area contributed by atoms with Crippen molar-refractivity contribution in [3.8, 4) is 17.6 Å². The highest BCUT2D eigenvalue weighted by Crippen LogP contribution is 2.29. The molecule has 1 aliphatic rings. The molecule has 1 saturated heterocycles. The Morgan fingerprint density at radius 2 is 1.76 bits per heavy atom. The van der Waals surface area contributed by atoms with E-state index in [1.54, 1.807) is 7.11 Å². The van der Waals surface area contributed by atoms with Gasteiger partial charge in [-0.15, -0.1) is 0 Å². The maximum absolute atomic E-state index is 13.1. The number of ether oxygens (including phenoxy) is 1. The van der Waals surface area contributed by atoms with E-state index in [0.29, 0.717) is 24.6 Å². The minimum atomic E-state index is -0.556. The maximum atomic E-state index is 13.1. The standard InChI is InChI=1S/C30H34FN3O3/c1-21(16-31)3-12-26(15-28-29(35)30(36)33-20-32-28)25-13-10-23(11-14-25)5-4-22-6-8-24(9-7-22)17-34-18-27(19-34)37-2/h6-11,13-14,20-21,26-27,35H,3,12,15-19H2,1-2H3,(H,32,33,36)/t21-,26?/m1/s1. The van der Waals surface area contributed by atoms with Crippen molar-refractivity contribution < 1.29 is 14.2 Å². The Morgan fingerprint density at radius 3 is 2.38 bits per heavy atom. The van der Waals surface area contributed by atoms with Crippen LogP contribution >= 0.6 is 0 Å². The topological polar surface area (TPSA) is 78.5 Å². The lowest BCUT2D eigenvalue weighted by molar-refractivity contribution is -0.0333. The molecule has 2 N–H and O–H groups in total. The fourth-order valence-electron chi connectivity index (χ4n) is 4.50. The molecular weight excluding hydrogens is 469 g/mol. The Balaban J connectivity index is 1.42. The minimum Gasteiger partial charge on any atom is -0.502 e. The molecule has 1 fully saturated rings. The van der Waals surface area contributed by atoms with E-state index in [9.17, 15) is 14.3 Å². The van der Waals surface area contributed by atoms with E-state index in [2.05, 4.69) is 38.8 Å². The van der Waals surface area contributed by atoms with Crippen LogP contribution in [0.25, 0.3) is 0 Å². The smallest absolute Gasteiger partial charge is 0.293 e. The largest absolute Gasteiger partial charge is 0.502 e. The van der Waals surface area contributed by atoms with Crippen LogP contribution in [0.2, 0.25) is 0 Å². The summed E-state index contributed by atoms with van der Waals surface area (Å²) in [7, 11) is 1.76. The second-order valence-electron chi connectivity index (χ2n) is 9.89. The van der Waals surface area contributed by atoms with Crippen molar-refractivity contribution in [1.29, 1.82) is 0 Å². The number of aromatic amines is 1. The predicted octanol–water partition coefficient (Wildman–Crippen LogP) is 4.42. The molecule has 0 saturated carbocycles. The highest BCUT2D eigenvalue weighted by atomic mass is 19.1. The van der Waals surface area contributed by atoms with E-state index in [-0.39, 0.29) is 24.3 Å². The van der Waals surface area contributed by atoms with E-state index in [1.165, 1.54) is 11.9 Å². The quantitative estimate of drug-likeness (QED) is 0.401. The number of nitrogens with zero attached hydrogens (tertiary/aromatic N) is 2. The van der Waals surface area contributed by atoms with E-state index >= 15 is 0 Å². The van der Waals surface area contributed by atoms with Crippen molar-refractivity contribution in [3.05, 3.63) is 93.2 Å². The Bertz CT molecular complexity index is 1270. The van der Waals surface area contributed by atoms with Crippen LogP contribution in [-0.4, -0.2) is 53.0 Å². The molecule has 0 amide bonds. The fourth-order valence-corrected chi connectivity index (χ4v) is 4.50. The Labute approximate surface area is 217 Å². The highest BCUT2D eigenvalue weighted by molar-refractivity contribution is 5.44. The third-order valence-corrected chi connectivity index (χ3v) is 6.97. The number of aromatic hydroxyl groups is 1. The van der Waals surface area contributed by atoms with Gasteiger partial charge in [-0.1, -0.05) is 43.0 Å². The monoisotopic (exact) mass is 503 g/mol. The number of methoxy groups -OCH3 is 1. The van der Waals surface area contributed by atoms with Crippen molar-refractivity contribution in [2.45, 2.75) is 44.8 Å². The number of halogens is 1. The normalized spacial score (nSPS) is 15.4. The lowest BCUT2D eigenvalue weighted by atomic mass is 9.87. The molecule has 194 valence electrons.